The van der Waals surface area contributed by atoms with Gasteiger partial charge in [-0.3, -0.25) is 4.79 Å². The SMILES string of the molecule is CSCC[C@@H](NC(=O)c1cc(F)cc(F)c1)c1nc2ccccc2[nH]1. The van der Waals surface area contributed by atoms with Gasteiger partial charge in [0.2, 0.25) is 0 Å². The van der Waals surface area contributed by atoms with Gasteiger partial charge in [-0.2, -0.15) is 11.8 Å². The van der Waals surface area contributed by atoms with Gasteiger partial charge in [0, 0.05) is 11.6 Å². The van der Waals surface area contributed by atoms with E-state index in [2.05, 4.69) is 15.3 Å². The Morgan fingerprint density at radius 1 is 1.24 bits per heavy atom. The lowest BCUT2D eigenvalue weighted by atomic mass is 10.1. The Bertz CT molecular complexity index is 844. The van der Waals surface area contributed by atoms with E-state index in [0.717, 1.165) is 35.0 Å². The molecule has 2 N–H and O–H groups in total. The molecule has 0 bridgehead atoms. The highest BCUT2D eigenvalue weighted by Crippen LogP contribution is 2.21. The average Bonchev–Trinajstić information content (AvgIpc) is 3.01. The molecule has 0 fully saturated rings. The lowest BCUT2D eigenvalue weighted by Crippen LogP contribution is -2.30. The first-order valence-corrected chi connectivity index (χ1v) is 9.17. The van der Waals surface area contributed by atoms with Crippen LogP contribution in [0.3, 0.4) is 0 Å². The van der Waals surface area contributed by atoms with Crippen LogP contribution in [0.5, 0.6) is 0 Å². The molecular formula is C18H17F2N3OS. The van der Waals surface area contributed by atoms with Crippen LogP contribution in [0.25, 0.3) is 11.0 Å². The second-order valence-electron chi connectivity index (χ2n) is 5.60. The summed E-state index contributed by atoms with van der Waals surface area (Å²) in [6.07, 6.45) is 2.62. The fourth-order valence-electron chi connectivity index (χ4n) is 2.58. The lowest BCUT2D eigenvalue weighted by Gasteiger charge is -2.16. The third-order valence-electron chi connectivity index (χ3n) is 3.78. The number of halogens is 2. The Balaban J connectivity index is 1.86. The number of para-hydroxylation sites is 2. The van der Waals surface area contributed by atoms with Crippen LogP contribution in [0.1, 0.15) is 28.6 Å². The molecule has 130 valence electrons. The predicted molar refractivity (Wildman–Crippen MR) is 95.7 cm³/mol. The maximum atomic E-state index is 13.3. The van der Waals surface area contributed by atoms with E-state index in [1.807, 2.05) is 30.5 Å². The first kappa shape index (κ1) is 17.4. The van der Waals surface area contributed by atoms with E-state index >= 15 is 0 Å². The predicted octanol–water partition coefficient (Wildman–Crippen LogP) is 4.07. The van der Waals surface area contributed by atoms with Gasteiger partial charge >= 0.3 is 0 Å². The molecule has 0 unspecified atom stereocenters. The summed E-state index contributed by atoms with van der Waals surface area (Å²) in [6, 6.07) is 9.96. The zero-order valence-electron chi connectivity index (χ0n) is 13.6. The van der Waals surface area contributed by atoms with Crippen LogP contribution in [-0.4, -0.2) is 27.9 Å². The maximum absolute atomic E-state index is 13.3. The van der Waals surface area contributed by atoms with E-state index in [9.17, 15) is 13.6 Å². The zero-order valence-corrected chi connectivity index (χ0v) is 14.4. The number of nitrogens with one attached hydrogen (secondary N) is 2. The first-order chi connectivity index (χ1) is 12.1. The number of rotatable bonds is 6. The Morgan fingerprint density at radius 3 is 2.64 bits per heavy atom. The van der Waals surface area contributed by atoms with Gasteiger partial charge in [-0.25, -0.2) is 13.8 Å². The number of H-pyrrole nitrogens is 1. The van der Waals surface area contributed by atoms with E-state index in [1.165, 1.54) is 0 Å². The molecule has 3 rings (SSSR count). The number of hydrogen-bond acceptors (Lipinski definition) is 3. The molecule has 25 heavy (non-hydrogen) atoms. The number of nitrogens with zero attached hydrogens (tertiary/aromatic N) is 1. The summed E-state index contributed by atoms with van der Waals surface area (Å²) in [5.74, 6) is -0.672. The number of aromatic amines is 1. The highest BCUT2D eigenvalue weighted by molar-refractivity contribution is 7.98. The lowest BCUT2D eigenvalue weighted by molar-refractivity contribution is 0.0933. The molecular weight excluding hydrogens is 344 g/mol. The number of fused-ring (bicyclic) bond motifs is 1. The average molecular weight is 361 g/mol. The summed E-state index contributed by atoms with van der Waals surface area (Å²) in [5.41, 5.74) is 1.62. The number of imidazole rings is 1. The summed E-state index contributed by atoms with van der Waals surface area (Å²) in [4.78, 5) is 20.1. The summed E-state index contributed by atoms with van der Waals surface area (Å²) in [7, 11) is 0. The molecule has 0 aliphatic heterocycles. The van der Waals surface area contributed by atoms with Crippen molar-refractivity contribution in [3.8, 4) is 0 Å². The van der Waals surface area contributed by atoms with Crippen LogP contribution >= 0.6 is 11.8 Å². The second kappa shape index (κ2) is 7.65. The fourth-order valence-corrected chi connectivity index (χ4v) is 3.05. The molecule has 0 radical (unpaired) electrons. The molecule has 0 aliphatic rings. The van der Waals surface area contributed by atoms with Crippen molar-refractivity contribution >= 4 is 28.7 Å². The van der Waals surface area contributed by atoms with Crippen molar-refractivity contribution < 1.29 is 13.6 Å². The standard InChI is InChI=1S/C18H17F2N3OS/c1-25-7-6-16(17-21-14-4-2-3-5-15(14)22-17)23-18(24)11-8-12(19)10-13(20)9-11/h2-5,8-10,16H,6-7H2,1H3,(H,21,22)(H,23,24)/t16-/m1/s1. The number of amides is 1. The topological polar surface area (TPSA) is 57.8 Å². The monoisotopic (exact) mass is 361 g/mol. The smallest absolute Gasteiger partial charge is 0.252 e. The molecule has 1 heterocycles. The first-order valence-electron chi connectivity index (χ1n) is 7.77. The van der Waals surface area contributed by atoms with Gasteiger partial charge < -0.3 is 10.3 Å². The Hall–Kier alpha value is -2.41. The Morgan fingerprint density at radius 2 is 1.96 bits per heavy atom. The van der Waals surface area contributed by atoms with Gasteiger partial charge in [-0.05, 0) is 42.7 Å². The van der Waals surface area contributed by atoms with Gasteiger partial charge in [0.05, 0.1) is 17.1 Å². The largest absolute Gasteiger partial charge is 0.342 e. The number of carbonyl (C=O) groups excluding carboxylic acids is 1. The second-order valence-corrected chi connectivity index (χ2v) is 6.59. The molecule has 1 atom stereocenters. The van der Waals surface area contributed by atoms with Crippen LogP contribution in [-0.2, 0) is 0 Å². The van der Waals surface area contributed by atoms with Crippen molar-refractivity contribution in [1.82, 2.24) is 15.3 Å². The number of carbonyl (C=O) groups is 1. The van der Waals surface area contributed by atoms with Gasteiger partial charge in [-0.15, -0.1) is 0 Å². The van der Waals surface area contributed by atoms with E-state index in [0.29, 0.717) is 12.2 Å². The van der Waals surface area contributed by atoms with Crippen molar-refractivity contribution in [2.24, 2.45) is 0 Å². The Labute approximate surface area is 148 Å². The van der Waals surface area contributed by atoms with Crippen LogP contribution in [0, 0.1) is 11.6 Å². The highest BCUT2D eigenvalue weighted by Gasteiger charge is 2.19. The van der Waals surface area contributed by atoms with E-state index in [1.54, 1.807) is 11.8 Å². The van der Waals surface area contributed by atoms with Crippen LogP contribution < -0.4 is 5.32 Å². The summed E-state index contributed by atoms with van der Waals surface area (Å²) in [5, 5.41) is 2.82. The van der Waals surface area contributed by atoms with Crippen molar-refractivity contribution in [3.05, 3.63) is 65.5 Å². The molecule has 0 aliphatic carbocycles. The molecule has 1 amide bonds. The number of thioether (sulfide) groups is 1. The van der Waals surface area contributed by atoms with Gasteiger partial charge in [-0.1, -0.05) is 12.1 Å². The highest BCUT2D eigenvalue weighted by atomic mass is 32.2. The molecule has 1 aromatic heterocycles. The van der Waals surface area contributed by atoms with E-state index in [4.69, 9.17) is 0 Å². The van der Waals surface area contributed by atoms with Crippen molar-refractivity contribution in [1.29, 1.82) is 0 Å². The van der Waals surface area contributed by atoms with Gasteiger partial charge in [0.1, 0.15) is 17.5 Å². The van der Waals surface area contributed by atoms with Crippen molar-refractivity contribution in [2.45, 2.75) is 12.5 Å². The fraction of sp³-hybridized carbons (Fsp3) is 0.222. The minimum absolute atomic E-state index is 0.0530. The molecule has 0 saturated carbocycles. The minimum Gasteiger partial charge on any atom is -0.342 e. The number of benzene rings is 2. The summed E-state index contributed by atoms with van der Waals surface area (Å²) in [6.45, 7) is 0. The van der Waals surface area contributed by atoms with Gasteiger partial charge in [0.25, 0.3) is 5.91 Å². The zero-order chi connectivity index (χ0) is 17.8. The third kappa shape index (κ3) is 4.17. The van der Waals surface area contributed by atoms with Crippen LogP contribution in [0.15, 0.2) is 42.5 Å². The van der Waals surface area contributed by atoms with Gasteiger partial charge in [0.15, 0.2) is 0 Å². The van der Waals surface area contributed by atoms with Crippen LogP contribution in [0.4, 0.5) is 8.78 Å². The van der Waals surface area contributed by atoms with Crippen molar-refractivity contribution in [2.75, 3.05) is 12.0 Å². The minimum atomic E-state index is -0.783. The number of hydrogen-bond donors (Lipinski definition) is 2. The molecule has 3 aromatic rings. The molecule has 0 spiro atoms. The quantitative estimate of drug-likeness (QED) is 0.696. The maximum Gasteiger partial charge on any atom is 0.252 e. The van der Waals surface area contributed by atoms with Crippen molar-refractivity contribution in [3.63, 3.8) is 0 Å². The normalized spacial score (nSPS) is 12.3. The molecule has 4 nitrogen and oxygen atoms in total. The summed E-state index contributed by atoms with van der Waals surface area (Å²) < 4.78 is 26.7. The van der Waals surface area contributed by atoms with Crippen LogP contribution in [0.2, 0.25) is 0 Å². The molecule has 2 aromatic carbocycles. The molecule has 0 saturated heterocycles. The third-order valence-corrected chi connectivity index (χ3v) is 4.42. The number of aromatic nitrogens is 2. The molecule has 7 heteroatoms. The van der Waals surface area contributed by atoms with E-state index in [-0.39, 0.29) is 11.6 Å². The summed E-state index contributed by atoms with van der Waals surface area (Å²) >= 11 is 1.65. The van der Waals surface area contributed by atoms with E-state index < -0.39 is 17.5 Å². The Kier molecular flexibility index (Phi) is 5.33.